The van der Waals surface area contributed by atoms with E-state index in [0.717, 1.165) is 19.4 Å². The van der Waals surface area contributed by atoms with Crippen molar-refractivity contribution in [3.05, 3.63) is 29.8 Å². The van der Waals surface area contributed by atoms with Gasteiger partial charge in [-0.2, -0.15) is 0 Å². The van der Waals surface area contributed by atoms with Crippen LogP contribution in [0.3, 0.4) is 0 Å². The minimum atomic E-state index is -0.925. The fourth-order valence-corrected chi connectivity index (χ4v) is 1.95. The number of alkyl halides is 1. The Kier molecular flexibility index (Phi) is 3.21. The molecule has 1 aliphatic rings. The molecule has 1 fully saturated rings. The summed E-state index contributed by atoms with van der Waals surface area (Å²) in [5.74, 6) is 0.00220. The molecule has 0 saturated carbocycles. The van der Waals surface area contributed by atoms with E-state index in [1.807, 2.05) is 0 Å². The fraction of sp³-hybridized carbons (Fsp3) is 0.500. The van der Waals surface area contributed by atoms with Crippen LogP contribution in [0.4, 0.5) is 10.1 Å². The van der Waals surface area contributed by atoms with Crippen LogP contribution in [0.2, 0.25) is 0 Å². The normalized spacial score (nSPS) is 23.7. The lowest BCUT2D eigenvalue weighted by Gasteiger charge is -2.25. The summed E-state index contributed by atoms with van der Waals surface area (Å²) in [7, 11) is 0. The number of hydrogen-bond acceptors (Lipinski definition) is 2. The van der Waals surface area contributed by atoms with Gasteiger partial charge in [0.1, 0.15) is 6.17 Å². The third-order valence-corrected chi connectivity index (χ3v) is 2.86. The minimum absolute atomic E-state index is 0.00220. The van der Waals surface area contributed by atoms with E-state index in [1.54, 1.807) is 24.3 Å². The summed E-state index contributed by atoms with van der Waals surface area (Å²) in [4.78, 5) is 0. The van der Waals surface area contributed by atoms with Gasteiger partial charge in [-0.25, -0.2) is 4.39 Å². The van der Waals surface area contributed by atoms with Gasteiger partial charge in [-0.3, -0.25) is 0 Å². The maximum absolute atomic E-state index is 14.0. The molecule has 0 spiro atoms. The maximum Gasteiger partial charge on any atom is 0.130 e. The Balaban J connectivity index is 2.05. The van der Waals surface area contributed by atoms with E-state index in [-0.39, 0.29) is 5.92 Å². The molecule has 1 aromatic rings. The number of rotatable bonds is 2. The van der Waals surface area contributed by atoms with E-state index in [0.29, 0.717) is 17.9 Å². The van der Waals surface area contributed by atoms with Gasteiger partial charge in [0.25, 0.3) is 0 Å². The highest BCUT2D eigenvalue weighted by molar-refractivity contribution is 5.39. The number of halogens is 1. The van der Waals surface area contributed by atoms with Crippen molar-refractivity contribution in [2.75, 3.05) is 18.9 Å². The average Bonchev–Trinajstić information content (AvgIpc) is 2.30. The summed E-state index contributed by atoms with van der Waals surface area (Å²) in [5.41, 5.74) is 6.94. The predicted octanol–water partition coefficient (Wildman–Crippen LogP) is 2.71. The van der Waals surface area contributed by atoms with E-state index in [9.17, 15) is 4.39 Å². The molecule has 1 saturated heterocycles. The van der Waals surface area contributed by atoms with Crippen LogP contribution in [0.5, 0.6) is 0 Å². The van der Waals surface area contributed by atoms with Crippen molar-refractivity contribution < 1.29 is 9.13 Å². The van der Waals surface area contributed by atoms with E-state index in [2.05, 4.69) is 0 Å². The molecule has 0 aliphatic carbocycles. The molecule has 2 atom stereocenters. The van der Waals surface area contributed by atoms with Gasteiger partial charge >= 0.3 is 0 Å². The quantitative estimate of drug-likeness (QED) is 0.760. The van der Waals surface area contributed by atoms with Crippen molar-refractivity contribution in [1.29, 1.82) is 0 Å². The van der Waals surface area contributed by atoms with Gasteiger partial charge in [-0.15, -0.1) is 0 Å². The first-order valence-electron chi connectivity index (χ1n) is 5.34. The van der Waals surface area contributed by atoms with Gasteiger partial charge in [-0.1, -0.05) is 12.1 Å². The first kappa shape index (κ1) is 10.4. The van der Waals surface area contributed by atoms with Gasteiger partial charge in [0, 0.05) is 18.2 Å². The van der Waals surface area contributed by atoms with Gasteiger partial charge in [0.15, 0.2) is 0 Å². The van der Waals surface area contributed by atoms with Gasteiger partial charge in [0.2, 0.25) is 0 Å². The third-order valence-electron chi connectivity index (χ3n) is 2.86. The first-order chi connectivity index (χ1) is 7.27. The monoisotopic (exact) mass is 209 g/mol. The van der Waals surface area contributed by atoms with E-state index in [1.165, 1.54) is 0 Å². The molecule has 0 radical (unpaired) electrons. The Morgan fingerprint density at radius 3 is 2.67 bits per heavy atom. The second-order valence-corrected chi connectivity index (χ2v) is 4.05. The first-order valence-corrected chi connectivity index (χ1v) is 5.34. The Bertz CT molecular complexity index is 306. The molecule has 1 aliphatic heterocycles. The van der Waals surface area contributed by atoms with Crippen molar-refractivity contribution in [1.82, 2.24) is 0 Å². The molecule has 2 rings (SSSR count). The standard InChI is InChI=1S/C12H16FNO/c13-12(10-2-1-7-15-8-10)9-3-5-11(14)6-4-9/h3-6,10,12H,1-2,7-8,14H2. The molecule has 82 valence electrons. The molecule has 0 aromatic heterocycles. The molecule has 2 unspecified atom stereocenters. The topological polar surface area (TPSA) is 35.2 Å². The Morgan fingerprint density at radius 2 is 2.07 bits per heavy atom. The SMILES string of the molecule is Nc1ccc(C(F)C2CCCOC2)cc1. The molecule has 1 aromatic carbocycles. The Morgan fingerprint density at radius 1 is 1.33 bits per heavy atom. The average molecular weight is 209 g/mol. The lowest BCUT2D eigenvalue weighted by atomic mass is 9.92. The van der Waals surface area contributed by atoms with E-state index >= 15 is 0 Å². The summed E-state index contributed by atoms with van der Waals surface area (Å²) >= 11 is 0. The molecule has 2 N–H and O–H groups in total. The number of anilines is 1. The van der Waals surface area contributed by atoms with Crippen molar-refractivity contribution >= 4 is 5.69 Å². The van der Waals surface area contributed by atoms with Crippen LogP contribution in [-0.4, -0.2) is 13.2 Å². The third kappa shape index (κ3) is 2.48. The van der Waals surface area contributed by atoms with Crippen LogP contribution < -0.4 is 5.73 Å². The van der Waals surface area contributed by atoms with Crippen molar-refractivity contribution in [3.8, 4) is 0 Å². The predicted molar refractivity (Wildman–Crippen MR) is 58.2 cm³/mol. The summed E-state index contributed by atoms with van der Waals surface area (Å²) in [5, 5.41) is 0. The molecule has 3 heteroatoms. The van der Waals surface area contributed by atoms with E-state index < -0.39 is 6.17 Å². The molecule has 0 bridgehead atoms. The van der Waals surface area contributed by atoms with Crippen LogP contribution in [0.1, 0.15) is 24.6 Å². The van der Waals surface area contributed by atoms with Gasteiger partial charge in [0.05, 0.1) is 6.61 Å². The zero-order chi connectivity index (χ0) is 10.7. The Hall–Kier alpha value is -1.09. The van der Waals surface area contributed by atoms with Crippen LogP contribution in [-0.2, 0) is 4.74 Å². The highest BCUT2D eigenvalue weighted by Crippen LogP contribution is 2.32. The summed E-state index contributed by atoms with van der Waals surface area (Å²) in [6, 6.07) is 7.00. The fourth-order valence-electron chi connectivity index (χ4n) is 1.95. The van der Waals surface area contributed by atoms with Gasteiger partial charge < -0.3 is 10.5 Å². The van der Waals surface area contributed by atoms with Crippen LogP contribution in [0.25, 0.3) is 0 Å². The second-order valence-electron chi connectivity index (χ2n) is 4.05. The molecule has 15 heavy (non-hydrogen) atoms. The van der Waals surface area contributed by atoms with Crippen LogP contribution in [0.15, 0.2) is 24.3 Å². The van der Waals surface area contributed by atoms with Crippen LogP contribution in [0, 0.1) is 5.92 Å². The second kappa shape index (κ2) is 4.62. The highest BCUT2D eigenvalue weighted by atomic mass is 19.1. The summed E-state index contributed by atoms with van der Waals surface area (Å²) in [6.45, 7) is 1.30. The van der Waals surface area contributed by atoms with Crippen molar-refractivity contribution in [2.45, 2.75) is 19.0 Å². The zero-order valence-corrected chi connectivity index (χ0v) is 8.66. The summed E-state index contributed by atoms with van der Waals surface area (Å²) < 4.78 is 19.3. The van der Waals surface area contributed by atoms with Gasteiger partial charge in [-0.05, 0) is 30.5 Å². The molecular formula is C12H16FNO. The Labute approximate surface area is 89.2 Å². The minimum Gasteiger partial charge on any atom is -0.399 e. The summed E-state index contributed by atoms with van der Waals surface area (Å²) in [6.07, 6.45) is 0.942. The number of ether oxygens (including phenoxy) is 1. The number of nitrogen functional groups attached to an aromatic ring is 1. The number of benzene rings is 1. The smallest absolute Gasteiger partial charge is 0.130 e. The molecular weight excluding hydrogens is 193 g/mol. The van der Waals surface area contributed by atoms with Crippen molar-refractivity contribution in [2.24, 2.45) is 5.92 Å². The van der Waals surface area contributed by atoms with Crippen molar-refractivity contribution in [3.63, 3.8) is 0 Å². The van der Waals surface area contributed by atoms with Crippen LogP contribution >= 0.6 is 0 Å². The lowest BCUT2D eigenvalue weighted by molar-refractivity contribution is 0.0197. The lowest BCUT2D eigenvalue weighted by Crippen LogP contribution is -2.21. The molecule has 1 heterocycles. The molecule has 2 nitrogen and oxygen atoms in total. The maximum atomic E-state index is 14.0. The zero-order valence-electron chi connectivity index (χ0n) is 8.66. The highest BCUT2D eigenvalue weighted by Gasteiger charge is 2.25. The molecule has 0 amide bonds. The largest absolute Gasteiger partial charge is 0.399 e. The number of hydrogen-bond donors (Lipinski definition) is 1. The number of nitrogens with two attached hydrogens (primary N) is 1. The van der Waals surface area contributed by atoms with E-state index in [4.69, 9.17) is 10.5 Å².